The molecule has 0 spiro atoms. The molecule has 14 heavy (non-hydrogen) atoms. The first-order valence-electron chi connectivity index (χ1n) is 5.47. The minimum Gasteiger partial charge on any atom is -0.376 e. The van der Waals surface area contributed by atoms with Gasteiger partial charge in [0.15, 0.2) is 0 Å². The summed E-state index contributed by atoms with van der Waals surface area (Å²) in [5, 5.41) is 5.72. The third-order valence-electron chi connectivity index (χ3n) is 2.88. The molecule has 0 radical (unpaired) electrons. The molecule has 0 bridgehead atoms. The van der Waals surface area contributed by atoms with Crippen molar-refractivity contribution in [3.05, 3.63) is 0 Å². The first-order valence-corrected chi connectivity index (χ1v) is 5.47. The zero-order chi connectivity index (χ0) is 9.97. The topological polar surface area (TPSA) is 50.4 Å². The number of nitrogens with one attached hydrogen (secondary N) is 2. The third-order valence-corrected chi connectivity index (χ3v) is 2.88. The quantitative estimate of drug-likeness (QED) is 0.707. The molecule has 2 atom stereocenters. The van der Waals surface area contributed by atoms with E-state index in [1.165, 1.54) is 12.8 Å². The first kappa shape index (κ1) is 9.77. The van der Waals surface area contributed by atoms with Gasteiger partial charge in [-0.3, -0.25) is 0 Å². The first-order chi connectivity index (χ1) is 6.81. The number of rotatable bonds is 3. The van der Waals surface area contributed by atoms with Gasteiger partial charge in [-0.05, 0) is 32.1 Å². The van der Waals surface area contributed by atoms with Gasteiger partial charge in [-0.25, -0.2) is 4.79 Å². The van der Waals surface area contributed by atoms with Crippen molar-refractivity contribution in [1.29, 1.82) is 0 Å². The Kier molecular flexibility index (Phi) is 2.91. The number of amides is 2. The maximum Gasteiger partial charge on any atom is 0.315 e. The van der Waals surface area contributed by atoms with Gasteiger partial charge in [-0.1, -0.05) is 0 Å². The molecule has 2 rings (SSSR count). The number of carbonyl (C=O) groups excluding carboxylic acids is 1. The molecule has 1 saturated heterocycles. The fourth-order valence-corrected chi connectivity index (χ4v) is 2.04. The summed E-state index contributed by atoms with van der Waals surface area (Å²) in [4.78, 5) is 11.3. The van der Waals surface area contributed by atoms with Crippen molar-refractivity contribution in [3.63, 3.8) is 0 Å². The van der Waals surface area contributed by atoms with Gasteiger partial charge < -0.3 is 15.4 Å². The molecule has 2 amide bonds. The Bertz CT molecular complexity index is 216. The summed E-state index contributed by atoms with van der Waals surface area (Å²) in [6, 6.07) is 0.169. The van der Waals surface area contributed by atoms with Crippen LogP contribution in [-0.2, 0) is 4.74 Å². The van der Waals surface area contributed by atoms with E-state index in [-0.39, 0.29) is 18.2 Å². The van der Waals surface area contributed by atoms with Gasteiger partial charge in [0.25, 0.3) is 0 Å². The molecule has 1 saturated carbocycles. The maximum atomic E-state index is 11.3. The molecular formula is C10H18N2O2. The van der Waals surface area contributed by atoms with Crippen LogP contribution in [0.5, 0.6) is 0 Å². The fraction of sp³-hybridized carbons (Fsp3) is 0.900. The lowest BCUT2D eigenvalue weighted by Gasteiger charge is -2.19. The number of carbonyl (C=O) groups is 1. The summed E-state index contributed by atoms with van der Waals surface area (Å²) in [6.45, 7) is 3.38. The van der Waals surface area contributed by atoms with E-state index < -0.39 is 0 Å². The van der Waals surface area contributed by atoms with E-state index in [4.69, 9.17) is 4.74 Å². The lowest BCUT2D eigenvalue weighted by Crippen LogP contribution is -2.46. The summed E-state index contributed by atoms with van der Waals surface area (Å²) in [7, 11) is 0. The van der Waals surface area contributed by atoms with Crippen molar-refractivity contribution in [2.75, 3.05) is 13.2 Å². The smallest absolute Gasteiger partial charge is 0.315 e. The van der Waals surface area contributed by atoms with Gasteiger partial charge in [0.1, 0.15) is 0 Å². The van der Waals surface area contributed by atoms with Crippen LogP contribution < -0.4 is 10.6 Å². The molecule has 0 aromatic heterocycles. The second-order valence-electron chi connectivity index (χ2n) is 4.07. The molecule has 2 aliphatic rings. The molecule has 2 unspecified atom stereocenters. The molecular weight excluding hydrogens is 180 g/mol. The van der Waals surface area contributed by atoms with Crippen LogP contribution in [0.25, 0.3) is 0 Å². The fourth-order valence-electron chi connectivity index (χ4n) is 2.04. The molecule has 1 heterocycles. The van der Waals surface area contributed by atoms with Gasteiger partial charge >= 0.3 is 6.03 Å². The monoisotopic (exact) mass is 198 g/mol. The zero-order valence-electron chi connectivity index (χ0n) is 8.58. The molecule has 0 aromatic rings. The van der Waals surface area contributed by atoms with E-state index in [9.17, 15) is 4.79 Å². The van der Waals surface area contributed by atoms with E-state index in [0.29, 0.717) is 12.5 Å². The average Bonchev–Trinajstić information content (AvgIpc) is 2.89. The van der Waals surface area contributed by atoms with Crippen molar-refractivity contribution in [2.45, 2.75) is 38.3 Å². The number of urea groups is 1. The van der Waals surface area contributed by atoms with Crippen LogP contribution in [0.3, 0.4) is 0 Å². The van der Waals surface area contributed by atoms with Crippen molar-refractivity contribution < 1.29 is 9.53 Å². The Balaban J connectivity index is 1.80. The Hall–Kier alpha value is -0.770. The van der Waals surface area contributed by atoms with Crippen LogP contribution in [0.15, 0.2) is 0 Å². The highest BCUT2D eigenvalue weighted by atomic mass is 16.5. The Morgan fingerprint density at radius 2 is 2.21 bits per heavy atom. The highest BCUT2D eigenvalue weighted by molar-refractivity contribution is 5.74. The van der Waals surface area contributed by atoms with Crippen molar-refractivity contribution in [3.8, 4) is 0 Å². The molecule has 2 N–H and O–H groups in total. The summed E-state index contributed by atoms with van der Waals surface area (Å²) < 4.78 is 5.63. The number of hydrogen-bond acceptors (Lipinski definition) is 2. The normalized spacial score (nSPS) is 31.5. The molecule has 1 aliphatic carbocycles. The average molecular weight is 198 g/mol. The van der Waals surface area contributed by atoms with E-state index in [0.717, 1.165) is 13.0 Å². The standard InChI is InChI=1S/C10H18N2O2/c1-2-11-10(13)12-8-5-6-14-9(8)7-3-4-7/h7-9H,2-6H2,1H3,(H2,11,12,13). The Morgan fingerprint density at radius 1 is 1.43 bits per heavy atom. The van der Waals surface area contributed by atoms with E-state index in [1.807, 2.05) is 6.92 Å². The van der Waals surface area contributed by atoms with Crippen LogP contribution in [0.2, 0.25) is 0 Å². The van der Waals surface area contributed by atoms with Crippen LogP contribution in [0, 0.1) is 5.92 Å². The summed E-state index contributed by atoms with van der Waals surface area (Å²) in [5.41, 5.74) is 0. The van der Waals surface area contributed by atoms with Gasteiger partial charge in [-0.15, -0.1) is 0 Å². The SMILES string of the molecule is CCNC(=O)NC1CCOC1C1CC1. The van der Waals surface area contributed by atoms with Gasteiger partial charge in [-0.2, -0.15) is 0 Å². The number of ether oxygens (including phenoxy) is 1. The Morgan fingerprint density at radius 3 is 2.86 bits per heavy atom. The lowest BCUT2D eigenvalue weighted by molar-refractivity contribution is 0.0825. The lowest BCUT2D eigenvalue weighted by atomic mass is 10.1. The van der Waals surface area contributed by atoms with Crippen molar-refractivity contribution >= 4 is 6.03 Å². The van der Waals surface area contributed by atoms with E-state index in [2.05, 4.69) is 10.6 Å². The van der Waals surface area contributed by atoms with Gasteiger partial charge in [0.2, 0.25) is 0 Å². The van der Waals surface area contributed by atoms with Crippen molar-refractivity contribution in [2.24, 2.45) is 5.92 Å². The largest absolute Gasteiger partial charge is 0.376 e. The molecule has 4 nitrogen and oxygen atoms in total. The van der Waals surface area contributed by atoms with Gasteiger partial charge in [0, 0.05) is 13.2 Å². The third kappa shape index (κ3) is 2.18. The molecule has 4 heteroatoms. The molecule has 2 fully saturated rings. The highest BCUT2D eigenvalue weighted by Crippen LogP contribution is 2.38. The maximum absolute atomic E-state index is 11.3. The summed E-state index contributed by atoms with van der Waals surface area (Å²) in [5.74, 6) is 0.699. The minimum atomic E-state index is -0.0614. The summed E-state index contributed by atoms with van der Waals surface area (Å²) in [6.07, 6.45) is 3.76. The zero-order valence-corrected chi connectivity index (χ0v) is 8.58. The van der Waals surface area contributed by atoms with Crippen LogP contribution in [-0.4, -0.2) is 31.3 Å². The summed E-state index contributed by atoms with van der Waals surface area (Å²) >= 11 is 0. The molecule has 1 aliphatic heterocycles. The second kappa shape index (κ2) is 4.17. The van der Waals surface area contributed by atoms with E-state index >= 15 is 0 Å². The second-order valence-corrected chi connectivity index (χ2v) is 4.07. The molecule has 80 valence electrons. The van der Waals surface area contributed by atoms with Crippen LogP contribution in [0.4, 0.5) is 4.79 Å². The Labute approximate surface area is 84.4 Å². The van der Waals surface area contributed by atoms with Crippen LogP contribution in [0.1, 0.15) is 26.2 Å². The van der Waals surface area contributed by atoms with E-state index in [1.54, 1.807) is 0 Å². The minimum absolute atomic E-state index is 0.0614. The van der Waals surface area contributed by atoms with Gasteiger partial charge in [0.05, 0.1) is 12.1 Å². The molecule has 0 aromatic carbocycles. The predicted octanol–water partition coefficient (Wildman–Crippen LogP) is 0.873. The predicted molar refractivity (Wildman–Crippen MR) is 53.1 cm³/mol. The van der Waals surface area contributed by atoms with Crippen molar-refractivity contribution in [1.82, 2.24) is 10.6 Å². The number of hydrogen-bond donors (Lipinski definition) is 2. The van der Waals surface area contributed by atoms with Crippen LogP contribution >= 0.6 is 0 Å². The highest BCUT2D eigenvalue weighted by Gasteiger charge is 2.41.